The average Bonchev–Trinajstić information content (AvgIpc) is 3.19. The van der Waals surface area contributed by atoms with Crippen molar-refractivity contribution >= 4 is 27.6 Å². The molecule has 0 aromatic heterocycles. The van der Waals surface area contributed by atoms with Crippen LogP contribution in [0.15, 0.2) is 18.2 Å². The van der Waals surface area contributed by atoms with E-state index in [0.717, 1.165) is 31.2 Å². The van der Waals surface area contributed by atoms with E-state index in [9.17, 15) is 18.0 Å². The van der Waals surface area contributed by atoms with Crippen LogP contribution in [0.1, 0.15) is 55.5 Å². The van der Waals surface area contributed by atoms with Crippen LogP contribution in [0, 0.1) is 0 Å². The van der Waals surface area contributed by atoms with Gasteiger partial charge in [-0.3, -0.25) is 9.10 Å². The summed E-state index contributed by atoms with van der Waals surface area (Å²) in [6, 6.07) is 4.79. The summed E-state index contributed by atoms with van der Waals surface area (Å²) in [6.07, 6.45) is 4.97. The van der Waals surface area contributed by atoms with Gasteiger partial charge in [0.1, 0.15) is 0 Å². The van der Waals surface area contributed by atoms with Crippen molar-refractivity contribution in [3.63, 3.8) is 0 Å². The Morgan fingerprint density at radius 2 is 1.93 bits per heavy atom. The molecular formula is C19H26N2O5S. The summed E-state index contributed by atoms with van der Waals surface area (Å²) in [4.78, 5) is 24.6. The van der Waals surface area contributed by atoms with Crippen LogP contribution in [0.4, 0.5) is 5.69 Å². The number of fused-ring (bicyclic) bond motifs is 1. The Morgan fingerprint density at radius 3 is 2.56 bits per heavy atom. The lowest BCUT2D eigenvalue weighted by Crippen LogP contribution is -2.40. The van der Waals surface area contributed by atoms with Crippen LogP contribution >= 0.6 is 0 Å². The standard InChI is InChI=1S/C19H26N2O5S/c1-12-10-15-11-14(8-9-17(15)21(12)27(3,24)25)19(23)26-13(2)18(22)20-16-6-4-5-7-16/h8-9,11-13,16H,4-7,10H2,1-3H3,(H,20,22). The first kappa shape index (κ1) is 19.7. The van der Waals surface area contributed by atoms with Crippen molar-refractivity contribution < 1.29 is 22.7 Å². The molecule has 0 saturated heterocycles. The van der Waals surface area contributed by atoms with Gasteiger partial charge in [-0.25, -0.2) is 13.2 Å². The maximum absolute atomic E-state index is 12.4. The van der Waals surface area contributed by atoms with Gasteiger partial charge in [0, 0.05) is 12.1 Å². The van der Waals surface area contributed by atoms with E-state index in [2.05, 4.69) is 5.32 Å². The number of ether oxygens (including phenoxy) is 1. The van der Waals surface area contributed by atoms with Crippen molar-refractivity contribution in [3.05, 3.63) is 29.3 Å². The molecule has 1 aliphatic heterocycles. The molecule has 148 valence electrons. The SMILES string of the molecule is CC(OC(=O)c1ccc2c(c1)CC(C)N2S(C)(=O)=O)C(=O)NC1CCCC1. The highest BCUT2D eigenvalue weighted by molar-refractivity contribution is 7.92. The van der Waals surface area contributed by atoms with Gasteiger partial charge in [-0.15, -0.1) is 0 Å². The van der Waals surface area contributed by atoms with E-state index in [1.807, 2.05) is 6.92 Å². The number of carbonyl (C=O) groups is 2. The molecule has 2 atom stereocenters. The number of hydrogen-bond acceptors (Lipinski definition) is 5. The van der Waals surface area contributed by atoms with E-state index in [0.29, 0.717) is 17.7 Å². The first-order chi connectivity index (χ1) is 12.7. The number of amides is 1. The maximum Gasteiger partial charge on any atom is 0.338 e. The zero-order valence-electron chi connectivity index (χ0n) is 15.9. The van der Waals surface area contributed by atoms with Gasteiger partial charge >= 0.3 is 5.97 Å². The highest BCUT2D eigenvalue weighted by Gasteiger charge is 2.33. The number of esters is 1. The highest BCUT2D eigenvalue weighted by Crippen LogP contribution is 2.34. The van der Waals surface area contributed by atoms with Crippen LogP contribution in [0.2, 0.25) is 0 Å². The fraction of sp³-hybridized carbons (Fsp3) is 0.579. The lowest BCUT2D eigenvalue weighted by Gasteiger charge is -2.22. The zero-order chi connectivity index (χ0) is 19.8. The van der Waals surface area contributed by atoms with Crippen molar-refractivity contribution in [2.75, 3.05) is 10.6 Å². The van der Waals surface area contributed by atoms with Crippen LogP contribution in [0.3, 0.4) is 0 Å². The minimum Gasteiger partial charge on any atom is -0.449 e. The summed E-state index contributed by atoms with van der Waals surface area (Å²) in [5.41, 5.74) is 1.69. The van der Waals surface area contributed by atoms with Gasteiger partial charge in [0.05, 0.1) is 17.5 Å². The molecule has 1 N–H and O–H groups in total. The first-order valence-electron chi connectivity index (χ1n) is 9.30. The number of sulfonamides is 1. The Labute approximate surface area is 160 Å². The second-order valence-corrected chi connectivity index (χ2v) is 9.35. The molecule has 2 unspecified atom stereocenters. The van der Waals surface area contributed by atoms with Gasteiger partial charge in [-0.05, 0) is 56.9 Å². The lowest BCUT2D eigenvalue weighted by molar-refractivity contribution is -0.129. The summed E-state index contributed by atoms with van der Waals surface area (Å²) in [7, 11) is -3.38. The van der Waals surface area contributed by atoms with Crippen molar-refractivity contribution in [2.45, 2.75) is 64.1 Å². The number of rotatable bonds is 5. The second-order valence-electron chi connectivity index (χ2n) is 7.49. The molecule has 1 fully saturated rings. The number of nitrogens with one attached hydrogen (secondary N) is 1. The summed E-state index contributed by atoms with van der Waals surface area (Å²) >= 11 is 0. The van der Waals surface area contributed by atoms with E-state index in [-0.39, 0.29) is 18.0 Å². The minimum atomic E-state index is -3.38. The van der Waals surface area contributed by atoms with E-state index >= 15 is 0 Å². The quantitative estimate of drug-likeness (QED) is 0.771. The smallest absolute Gasteiger partial charge is 0.338 e. The summed E-state index contributed by atoms with van der Waals surface area (Å²) < 4.78 is 30.6. The van der Waals surface area contributed by atoms with Crippen LogP contribution in [-0.2, 0) is 26.0 Å². The summed E-state index contributed by atoms with van der Waals surface area (Å²) in [5.74, 6) is -0.870. The topological polar surface area (TPSA) is 92.8 Å². The first-order valence-corrected chi connectivity index (χ1v) is 11.2. The van der Waals surface area contributed by atoms with Crippen LogP contribution in [-0.4, -0.2) is 44.7 Å². The number of anilines is 1. The molecule has 1 heterocycles. The minimum absolute atomic E-state index is 0.169. The molecule has 1 aliphatic carbocycles. The molecule has 0 radical (unpaired) electrons. The third-order valence-electron chi connectivity index (χ3n) is 5.18. The van der Waals surface area contributed by atoms with Gasteiger partial charge in [-0.2, -0.15) is 0 Å². The van der Waals surface area contributed by atoms with Crippen LogP contribution in [0.25, 0.3) is 0 Å². The fourth-order valence-corrected chi connectivity index (χ4v) is 5.17. The van der Waals surface area contributed by atoms with Gasteiger partial charge in [-0.1, -0.05) is 12.8 Å². The Bertz CT molecular complexity index is 846. The molecule has 0 spiro atoms. The number of hydrogen-bond donors (Lipinski definition) is 1. The van der Waals surface area contributed by atoms with Crippen molar-refractivity contribution in [1.29, 1.82) is 0 Å². The molecule has 3 rings (SSSR count). The zero-order valence-corrected chi connectivity index (χ0v) is 16.7. The molecule has 1 aromatic rings. The van der Waals surface area contributed by atoms with Gasteiger partial charge in [0.2, 0.25) is 10.0 Å². The van der Waals surface area contributed by atoms with Crippen molar-refractivity contribution in [1.82, 2.24) is 5.32 Å². The molecule has 0 bridgehead atoms. The van der Waals surface area contributed by atoms with Crippen molar-refractivity contribution in [3.8, 4) is 0 Å². The normalized spacial score (nSPS) is 21.0. The molecule has 1 aromatic carbocycles. The maximum atomic E-state index is 12.4. The van der Waals surface area contributed by atoms with E-state index in [4.69, 9.17) is 4.74 Å². The highest BCUT2D eigenvalue weighted by atomic mass is 32.2. The third kappa shape index (κ3) is 4.26. The second kappa shape index (κ2) is 7.50. The molecule has 1 saturated carbocycles. The van der Waals surface area contributed by atoms with Gasteiger partial charge in [0.15, 0.2) is 6.10 Å². The van der Waals surface area contributed by atoms with Gasteiger partial charge < -0.3 is 10.1 Å². The number of benzene rings is 1. The monoisotopic (exact) mass is 394 g/mol. The Morgan fingerprint density at radius 1 is 1.26 bits per heavy atom. The van der Waals surface area contributed by atoms with E-state index in [1.165, 1.54) is 10.6 Å². The molecule has 27 heavy (non-hydrogen) atoms. The number of carbonyl (C=O) groups excluding carboxylic acids is 2. The molecule has 8 heteroatoms. The summed E-state index contributed by atoms with van der Waals surface area (Å²) in [5, 5.41) is 2.92. The predicted octanol–water partition coefficient (Wildman–Crippen LogP) is 2.00. The molecule has 7 nitrogen and oxygen atoms in total. The number of nitrogens with zero attached hydrogens (tertiary/aromatic N) is 1. The van der Waals surface area contributed by atoms with Crippen LogP contribution < -0.4 is 9.62 Å². The fourth-order valence-electron chi connectivity index (χ4n) is 3.91. The van der Waals surface area contributed by atoms with E-state index < -0.39 is 22.1 Å². The third-order valence-corrected chi connectivity index (χ3v) is 6.45. The largest absolute Gasteiger partial charge is 0.449 e. The van der Waals surface area contributed by atoms with Crippen molar-refractivity contribution in [2.24, 2.45) is 0 Å². The Balaban J connectivity index is 1.67. The molecule has 2 aliphatic rings. The molecular weight excluding hydrogens is 368 g/mol. The van der Waals surface area contributed by atoms with Crippen LogP contribution in [0.5, 0.6) is 0 Å². The summed E-state index contributed by atoms with van der Waals surface area (Å²) in [6.45, 7) is 3.39. The predicted molar refractivity (Wildman–Crippen MR) is 102 cm³/mol. The lowest BCUT2D eigenvalue weighted by atomic mass is 10.1. The molecule has 1 amide bonds. The average molecular weight is 394 g/mol. The Kier molecular flexibility index (Phi) is 5.46. The van der Waals surface area contributed by atoms with E-state index in [1.54, 1.807) is 25.1 Å². The Hall–Kier alpha value is -2.09. The van der Waals surface area contributed by atoms with Gasteiger partial charge in [0.25, 0.3) is 5.91 Å².